The van der Waals surface area contributed by atoms with Gasteiger partial charge in [0.25, 0.3) is 6.33 Å². The Hall–Kier alpha value is -7.76. The first-order valence-corrected chi connectivity index (χ1v) is 20.0. The van der Waals surface area contributed by atoms with Gasteiger partial charge in [0.05, 0.1) is 47.1 Å². The second-order valence-electron chi connectivity index (χ2n) is 15.9. The van der Waals surface area contributed by atoms with Crippen LogP contribution >= 0.6 is 0 Å². The molecule has 0 N–H and O–H groups in total. The smallest absolute Gasteiger partial charge is 0.269 e. The van der Waals surface area contributed by atoms with Gasteiger partial charge in [-0.1, -0.05) is 166 Å². The fourth-order valence-corrected chi connectivity index (χ4v) is 8.24. The van der Waals surface area contributed by atoms with E-state index < -0.39 is 60.4 Å². The Morgan fingerprint density at radius 3 is 2.00 bits per heavy atom. The van der Waals surface area contributed by atoms with E-state index in [0.29, 0.717) is 28.2 Å². The molecule has 0 unspecified atom stereocenters. The Labute approximate surface area is 369 Å². The Morgan fingerprint density at radius 1 is 0.607 bits per heavy atom. The van der Waals surface area contributed by atoms with E-state index in [9.17, 15) is 0 Å². The van der Waals surface area contributed by atoms with E-state index in [1.807, 2.05) is 95.7 Å². The molecule has 5 heteroatoms. The van der Waals surface area contributed by atoms with Crippen LogP contribution in [0.5, 0.6) is 11.5 Å². The second kappa shape index (κ2) is 14.5. The van der Waals surface area contributed by atoms with E-state index in [4.69, 9.17) is 23.4 Å². The maximum absolute atomic E-state index is 9.07. The third kappa shape index (κ3) is 6.34. The van der Waals surface area contributed by atoms with E-state index in [2.05, 4.69) is 62.0 Å². The third-order valence-electron chi connectivity index (χ3n) is 11.1. The molecule has 0 aliphatic carbocycles. The maximum Gasteiger partial charge on any atom is 0.269 e. The maximum atomic E-state index is 9.07. The summed E-state index contributed by atoms with van der Waals surface area (Å²) in [5.74, 6) is 1.92. The molecule has 3 aromatic heterocycles. The van der Waals surface area contributed by atoms with Crippen molar-refractivity contribution in [3.63, 3.8) is 0 Å². The van der Waals surface area contributed by atoms with Gasteiger partial charge in [0.15, 0.2) is 0 Å². The Bertz CT molecular complexity index is 3900. The summed E-state index contributed by atoms with van der Waals surface area (Å²) < 4.78 is 100. The molecule has 11 aromatic rings. The summed E-state index contributed by atoms with van der Waals surface area (Å²) in [6.45, 7) is 6.55. The van der Waals surface area contributed by atoms with Crippen molar-refractivity contribution in [3.8, 4) is 50.9 Å². The Kier molecular flexibility index (Phi) is 6.44. The zero-order valence-corrected chi connectivity index (χ0v) is 33.5. The predicted octanol–water partition coefficient (Wildman–Crippen LogP) is 13.8. The summed E-state index contributed by atoms with van der Waals surface area (Å²) in [6.07, 6.45) is 5.35. The number of pyridine rings is 1. The van der Waals surface area contributed by atoms with Gasteiger partial charge >= 0.3 is 0 Å². The van der Waals surface area contributed by atoms with Gasteiger partial charge in [0, 0.05) is 28.4 Å². The first kappa shape index (κ1) is 27.1. The lowest BCUT2D eigenvalue weighted by molar-refractivity contribution is -0.571. The van der Waals surface area contributed by atoms with Crippen molar-refractivity contribution in [2.45, 2.75) is 26.2 Å². The molecule has 0 saturated heterocycles. The highest BCUT2D eigenvalue weighted by Gasteiger charge is 2.22. The highest BCUT2D eigenvalue weighted by atomic mass is 16.5. The number of hydrogen-bond acceptors (Lipinski definition) is 2. The molecule has 292 valence electrons. The van der Waals surface area contributed by atoms with Gasteiger partial charge in [0.2, 0.25) is 0 Å². The minimum atomic E-state index is -0.567. The van der Waals surface area contributed by atoms with Gasteiger partial charge in [-0.05, 0) is 81.1 Å². The second-order valence-corrected chi connectivity index (χ2v) is 15.9. The minimum Gasteiger partial charge on any atom is -0.457 e. The normalized spacial score (nSPS) is 14.1. The number of para-hydroxylation sites is 4. The van der Waals surface area contributed by atoms with E-state index in [1.165, 1.54) is 0 Å². The molecule has 0 amide bonds. The van der Waals surface area contributed by atoms with Gasteiger partial charge in [0.1, 0.15) is 17.3 Å². The molecule has 5 nitrogen and oxygen atoms in total. The Balaban J connectivity index is 1.13. The van der Waals surface area contributed by atoms with Crippen LogP contribution < -0.4 is 9.30 Å². The van der Waals surface area contributed by atoms with Crippen LogP contribution in [0, 0.1) is 6.33 Å². The minimum absolute atomic E-state index is 0.0983. The third-order valence-corrected chi connectivity index (χ3v) is 11.1. The van der Waals surface area contributed by atoms with Gasteiger partial charge in [-0.2, -0.15) is 0 Å². The van der Waals surface area contributed by atoms with Crippen LogP contribution in [-0.4, -0.2) is 14.1 Å². The zero-order chi connectivity index (χ0) is 49.8. The number of aromatic nitrogens is 4. The van der Waals surface area contributed by atoms with E-state index in [0.717, 1.165) is 44.0 Å². The van der Waals surface area contributed by atoms with Gasteiger partial charge in [-0.15, -0.1) is 0 Å². The van der Waals surface area contributed by atoms with Crippen molar-refractivity contribution < 1.29 is 23.0 Å². The van der Waals surface area contributed by atoms with Crippen LogP contribution in [0.1, 0.15) is 40.0 Å². The molecular formula is C56H42N4O. The number of nitrogens with zero attached hydrogens (tertiary/aromatic N) is 4. The molecule has 0 spiro atoms. The highest BCUT2D eigenvalue weighted by molar-refractivity contribution is 6.09. The largest absolute Gasteiger partial charge is 0.457 e. The van der Waals surface area contributed by atoms with Crippen LogP contribution in [0.15, 0.2) is 200 Å². The summed E-state index contributed by atoms with van der Waals surface area (Å²) in [7, 11) is 0. The molecule has 61 heavy (non-hydrogen) atoms. The van der Waals surface area contributed by atoms with Crippen molar-refractivity contribution in [3.05, 3.63) is 212 Å². The monoisotopic (exact) mass is 796 g/mol. The predicted molar refractivity (Wildman–Crippen MR) is 249 cm³/mol. The number of imidazole rings is 1. The molecule has 0 atom stereocenters. The number of fused-ring (bicyclic) bond motifs is 5. The molecule has 11 rings (SSSR count). The topological polar surface area (TPSA) is 35.9 Å². The van der Waals surface area contributed by atoms with Crippen LogP contribution in [0.2, 0.25) is 0 Å². The molecule has 0 radical (unpaired) electrons. The SMILES string of the molecule is [2H]c1c([2H])c([2H])c(-c2cccc(-c3c([2H])c([2H])c([2H])c([2H])c3[2H])c2-[n+]2[c-]n(-c3cc(Oc4ccc5c6ccccc6n(-c6cc(C(C)(C)C)ccn6)c5c4)c4ccccc4c3)c3ccccc32)c([2H])c1[2H]. The molecule has 3 heterocycles. The van der Waals surface area contributed by atoms with Crippen molar-refractivity contribution in [1.82, 2.24) is 14.1 Å². The average Bonchev–Trinajstić information content (AvgIpc) is 3.92. The fourth-order valence-electron chi connectivity index (χ4n) is 8.24. The molecule has 0 aliphatic rings. The first-order valence-electron chi connectivity index (χ1n) is 25.0. The molecule has 8 aromatic carbocycles. The lowest BCUT2D eigenvalue weighted by Gasteiger charge is -2.20. The quantitative estimate of drug-likeness (QED) is 0.119. The highest BCUT2D eigenvalue weighted by Crippen LogP contribution is 2.39. The summed E-state index contributed by atoms with van der Waals surface area (Å²) >= 11 is 0. The summed E-state index contributed by atoms with van der Waals surface area (Å²) in [6, 6.07) is 37.3. The first-order chi connectivity index (χ1) is 34.0. The van der Waals surface area contributed by atoms with Crippen LogP contribution in [0.4, 0.5) is 0 Å². The van der Waals surface area contributed by atoms with E-state index in [1.54, 1.807) is 22.8 Å². The van der Waals surface area contributed by atoms with Gasteiger partial charge < -0.3 is 4.74 Å². The van der Waals surface area contributed by atoms with Crippen molar-refractivity contribution in [2.75, 3.05) is 0 Å². The lowest BCUT2D eigenvalue weighted by Crippen LogP contribution is -2.31. The summed E-state index contributed by atoms with van der Waals surface area (Å²) in [4.78, 5) is 4.86. The summed E-state index contributed by atoms with van der Waals surface area (Å²) in [5, 5.41) is 3.82. The van der Waals surface area contributed by atoms with Crippen LogP contribution in [-0.2, 0) is 5.41 Å². The van der Waals surface area contributed by atoms with E-state index >= 15 is 0 Å². The standard InChI is InChI=1S/C56H42N4O/c1-56(2,3)41-31-32-57-54(34-41)60-49-26-13-12-23-47(49)48-30-29-43(36-52(48)60)61-53-35-42(33-40-21-10-11-22-44(40)53)58-37-59(51-28-15-14-27-50(51)58)55-45(38-17-6-4-7-18-38)24-16-25-46(55)39-19-8-5-9-20-39/h4-36H,1-3H3/i4D,5D,6D,7D,8D,9D,17D,18D,19D,20D. The van der Waals surface area contributed by atoms with Crippen LogP contribution in [0.3, 0.4) is 0 Å². The van der Waals surface area contributed by atoms with E-state index in [-0.39, 0.29) is 33.4 Å². The lowest BCUT2D eigenvalue weighted by atomic mass is 9.88. The average molecular weight is 797 g/mol. The van der Waals surface area contributed by atoms with Crippen molar-refractivity contribution >= 4 is 43.6 Å². The number of rotatable bonds is 7. The molecular weight excluding hydrogens is 745 g/mol. The number of benzene rings is 8. The molecule has 0 aliphatic heterocycles. The Morgan fingerprint density at radius 2 is 1.26 bits per heavy atom. The zero-order valence-electron chi connectivity index (χ0n) is 43.5. The molecule has 0 bridgehead atoms. The van der Waals surface area contributed by atoms with Gasteiger partial charge in [-0.25, -0.2) is 4.98 Å². The number of ether oxygens (including phenoxy) is 1. The van der Waals surface area contributed by atoms with Gasteiger partial charge in [-0.3, -0.25) is 13.7 Å². The number of hydrogen-bond donors (Lipinski definition) is 0. The molecule has 0 saturated carbocycles. The van der Waals surface area contributed by atoms with Crippen molar-refractivity contribution in [2.24, 2.45) is 0 Å². The van der Waals surface area contributed by atoms with Crippen molar-refractivity contribution in [1.29, 1.82) is 0 Å². The fraction of sp³-hybridized carbons (Fsp3) is 0.0714. The summed E-state index contributed by atoms with van der Waals surface area (Å²) in [5.41, 5.74) is 5.06. The molecule has 0 fully saturated rings. The van der Waals surface area contributed by atoms with Crippen LogP contribution in [0.25, 0.3) is 83.1 Å².